The highest BCUT2D eigenvalue weighted by molar-refractivity contribution is 5.93. The van der Waals surface area contributed by atoms with E-state index in [0.717, 1.165) is 11.3 Å². The Hall–Kier alpha value is -1.84. The smallest absolute Gasteiger partial charge is 0.176 e. The summed E-state index contributed by atoms with van der Waals surface area (Å²) in [6.45, 7) is 1.56. The van der Waals surface area contributed by atoms with Crippen molar-refractivity contribution in [1.29, 1.82) is 0 Å². The first-order valence-electron chi connectivity index (χ1n) is 4.36. The van der Waals surface area contributed by atoms with Crippen molar-refractivity contribution < 1.29 is 4.79 Å². The fraction of sp³-hybridized carbons (Fsp3) is 0.200. The lowest BCUT2D eigenvalue weighted by Crippen LogP contribution is -2.02. The topological polar surface area (TPSA) is 50.7 Å². The largest absolute Gasteiger partial charge is 0.341 e. The predicted octanol–water partition coefficient (Wildman–Crippen LogP) is 1.62. The van der Waals surface area contributed by atoms with Gasteiger partial charge in [-0.05, 0) is 12.1 Å². The molecule has 0 aliphatic heterocycles. The van der Waals surface area contributed by atoms with Crippen molar-refractivity contribution >= 4 is 5.78 Å². The Balaban J connectivity index is 2.52. The van der Waals surface area contributed by atoms with Gasteiger partial charge in [0.25, 0.3) is 0 Å². The predicted molar refractivity (Wildman–Crippen MR) is 53.0 cm³/mol. The molecule has 4 nitrogen and oxygen atoms in total. The van der Waals surface area contributed by atoms with E-state index in [1.165, 1.54) is 0 Å². The third-order valence-electron chi connectivity index (χ3n) is 2.28. The second-order valence-corrected chi connectivity index (χ2v) is 3.21. The molecule has 0 atom stereocenters. The Morgan fingerprint density at radius 1 is 1.50 bits per heavy atom. The second-order valence-electron chi connectivity index (χ2n) is 3.21. The van der Waals surface area contributed by atoms with Crippen LogP contribution >= 0.6 is 0 Å². The second kappa shape index (κ2) is 3.14. The number of nitrogens with zero attached hydrogens (tertiary/aromatic N) is 2. The lowest BCUT2D eigenvalue weighted by molar-refractivity contribution is 0.101. The molecule has 0 saturated heterocycles. The maximum Gasteiger partial charge on any atom is 0.176 e. The molecule has 0 bridgehead atoms. The van der Waals surface area contributed by atoms with Crippen LogP contribution in [0.1, 0.15) is 17.4 Å². The lowest BCUT2D eigenvalue weighted by atomic mass is 10.3. The Labute approximate surface area is 81.6 Å². The highest BCUT2D eigenvalue weighted by atomic mass is 16.1. The summed E-state index contributed by atoms with van der Waals surface area (Å²) in [5, 5.41) is 6.62. The van der Waals surface area contributed by atoms with Gasteiger partial charge in [0.2, 0.25) is 0 Å². The van der Waals surface area contributed by atoms with Crippen molar-refractivity contribution in [3.8, 4) is 11.3 Å². The molecule has 2 aromatic heterocycles. The van der Waals surface area contributed by atoms with Crippen LogP contribution in [0.3, 0.4) is 0 Å². The van der Waals surface area contributed by atoms with E-state index >= 15 is 0 Å². The lowest BCUT2D eigenvalue weighted by Gasteiger charge is -2.02. The number of ketones is 1. The molecule has 2 heterocycles. The van der Waals surface area contributed by atoms with Crippen LogP contribution in [0.2, 0.25) is 0 Å². The van der Waals surface area contributed by atoms with E-state index < -0.39 is 0 Å². The Bertz CT molecular complexity index is 454. The number of nitrogens with one attached hydrogen (secondary N) is 1. The average molecular weight is 189 g/mol. The molecule has 0 aromatic carbocycles. The van der Waals surface area contributed by atoms with Crippen molar-refractivity contribution in [2.75, 3.05) is 0 Å². The van der Waals surface area contributed by atoms with E-state index in [4.69, 9.17) is 0 Å². The van der Waals surface area contributed by atoms with E-state index in [9.17, 15) is 4.79 Å². The van der Waals surface area contributed by atoms with Gasteiger partial charge in [0.1, 0.15) is 0 Å². The Morgan fingerprint density at radius 2 is 2.29 bits per heavy atom. The van der Waals surface area contributed by atoms with Crippen molar-refractivity contribution in [1.82, 2.24) is 14.8 Å². The van der Waals surface area contributed by atoms with Gasteiger partial charge < -0.3 is 4.57 Å². The van der Waals surface area contributed by atoms with Crippen LogP contribution in [-0.4, -0.2) is 20.5 Å². The fourth-order valence-corrected chi connectivity index (χ4v) is 1.55. The first kappa shape index (κ1) is 8.74. The first-order chi connectivity index (χ1) is 6.70. The molecule has 0 aliphatic rings. The van der Waals surface area contributed by atoms with Crippen molar-refractivity contribution in [2.45, 2.75) is 6.92 Å². The molecule has 72 valence electrons. The molecular formula is C10H11N3O. The number of carbonyl (C=O) groups is 1. The summed E-state index contributed by atoms with van der Waals surface area (Å²) in [6, 6.07) is 3.74. The minimum Gasteiger partial charge on any atom is -0.341 e. The van der Waals surface area contributed by atoms with Crippen LogP contribution in [0, 0.1) is 0 Å². The minimum atomic E-state index is 0.0715. The number of hydrogen-bond acceptors (Lipinski definition) is 2. The van der Waals surface area contributed by atoms with Crippen LogP contribution < -0.4 is 0 Å². The molecule has 2 rings (SSSR count). The van der Waals surface area contributed by atoms with E-state index in [0.29, 0.717) is 5.69 Å². The molecule has 0 saturated carbocycles. The minimum absolute atomic E-state index is 0.0715. The zero-order valence-electron chi connectivity index (χ0n) is 8.11. The number of rotatable bonds is 2. The maximum atomic E-state index is 11.2. The molecule has 0 fully saturated rings. The van der Waals surface area contributed by atoms with E-state index in [2.05, 4.69) is 10.2 Å². The molecule has 4 heteroatoms. The van der Waals surface area contributed by atoms with Crippen molar-refractivity contribution in [3.05, 3.63) is 30.2 Å². The monoisotopic (exact) mass is 189 g/mol. The number of hydrogen-bond donors (Lipinski definition) is 1. The average Bonchev–Trinajstić information content (AvgIpc) is 2.71. The Morgan fingerprint density at radius 3 is 2.79 bits per heavy atom. The fourth-order valence-electron chi connectivity index (χ4n) is 1.55. The molecule has 0 radical (unpaired) electrons. The SMILES string of the molecule is CC(=O)c1ccc(-c2cn[nH]c2)n1C. The molecule has 1 N–H and O–H groups in total. The normalized spacial score (nSPS) is 10.4. The van der Waals surface area contributed by atoms with E-state index in [-0.39, 0.29) is 5.78 Å². The number of aromatic amines is 1. The van der Waals surface area contributed by atoms with Crippen molar-refractivity contribution in [2.24, 2.45) is 7.05 Å². The summed E-state index contributed by atoms with van der Waals surface area (Å²) in [5.41, 5.74) is 2.69. The third-order valence-corrected chi connectivity index (χ3v) is 2.28. The van der Waals surface area contributed by atoms with Gasteiger partial charge in [-0.15, -0.1) is 0 Å². The van der Waals surface area contributed by atoms with Crippen LogP contribution in [0.5, 0.6) is 0 Å². The molecule has 0 aliphatic carbocycles. The summed E-state index contributed by atoms with van der Waals surface area (Å²) in [5.74, 6) is 0.0715. The van der Waals surface area contributed by atoms with Gasteiger partial charge in [-0.1, -0.05) is 0 Å². The zero-order valence-corrected chi connectivity index (χ0v) is 8.11. The number of aromatic nitrogens is 3. The zero-order chi connectivity index (χ0) is 10.1. The van der Waals surface area contributed by atoms with Gasteiger partial charge in [-0.3, -0.25) is 9.89 Å². The summed E-state index contributed by atoms with van der Waals surface area (Å²) in [7, 11) is 1.87. The van der Waals surface area contributed by atoms with Crippen LogP contribution in [0.4, 0.5) is 0 Å². The number of H-pyrrole nitrogens is 1. The third kappa shape index (κ3) is 1.25. The van der Waals surface area contributed by atoms with Gasteiger partial charge in [0, 0.05) is 25.7 Å². The van der Waals surface area contributed by atoms with Crippen LogP contribution in [-0.2, 0) is 7.05 Å². The number of Topliss-reactive ketones (excluding diaryl/α,β-unsaturated/α-hetero) is 1. The maximum absolute atomic E-state index is 11.2. The Kier molecular flexibility index (Phi) is 1.96. The molecular weight excluding hydrogens is 178 g/mol. The van der Waals surface area contributed by atoms with Gasteiger partial charge in [-0.25, -0.2) is 0 Å². The molecule has 14 heavy (non-hydrogen) atoms. The standard InChI is InChI=1S/C10H11N3O/c1-7(14)9-3-4-10(13(9)2)8-5-11-12-6-8/h3-6H,1-2H3,(H,11,12). The molecule has 2 aromatic rings. The van der Waals surface area contributed by atoms with Gasteiger partial charge >= 0.3 is 0 Å². The van der Waals surface area contributed by atoms with Crippen molar-refractivity contribution in [3.63, 3.8) is 0 Å². The number of carbonyl (C=O) groups excluding carboxylic acids is 1. The quantitative estimate of drug-likeness (QED) is 0.730. The summed E-state index contributed by atoms with van der Waals surface area (Å²) >= 11 is 0. The van der Waals surface area contributed by atoms with Gasteiger partial charge in [0.05, 0.1) is 17.6 Å². The van der Waals surface area contributed by atoms with E-state index in [1.807, 2.05) is 23.7 Å². The molecule has 0 unspecified atom stereocenters. The highest BCUT2D eigenvalue weighted by Crippen LogP contribution is 2.20. The van der Waals surface area contributed by atoms with Crippen LogP contribution in [0.15, 0.2) is 24.5 Å². The summed E-state index contributed by atoms with van der Waals surface area (Å²) in [6.07, 6.45) is 3.54. The summed E-state index contributed by atoms with van der Waals surface area (Å²) < 4.78 is 1.87. The molecule has 0 amide bonds. The van der Waals surface area contributed by atoms with Crippen LogP contribution in [0.25, 0.3) is 11.3 Å². The summed E-state index contributed by atoms with van der Waals surface area (Å²) in [4.78, 5) is 11.2. The van der Waals surface area contributed by atoms with E-state index in [1.54, 1.807) is 19.3 Å². The highest BCUT2D eigenvalue weighted by Gasteiger charge is 2.09. The van der Waals surface area contributed by atoms with Gasteiger partial charge in [-0.2, -0.15) is 5.10 Å². The molecule has 0 spiro atoms. The van der Waals surface area contributed by atoms with Gasteiger partial charge in [0.15, 0.2) is 5.78 Å². The first-order valence-corrected chi connectivity index (χ1v) is 4.36.